The maximum atomic E-state index is 12.1. The van der Waals surface area contributed by atoms with Crippen LogP contribution in [0.2, 0.25) is 0 Å². The zero-order valence-electron chi connectivity index (χ0n) is 9.38. The van der Waals surface area contributed by atoms with Gasteiger partial charge in [-0.15, -0.1) is 0 Å². The van der Waals surface area contributed by atoms with Gasteiger partial charge in [-0.2, -0.15) is 0 Å². The second-order valence-electron chi connectivity index (χ2n) is 3.84. The maximum Gasteiger partial charge on any atom is 0.334 e. The van der Waals surface area contributed by atoms with Gasteiger partial charge in [-0.1, -0.05) is 0 Å². The maximum absolute atomic E-state index is 12.1. The van der Waals surface area contributed by atoms with E-state index in [1.807, 2.05) is 0 Å². The summed E-state index contributed by atoms with van der Waals surface area (Å²) in [6.07, 6.45) is 0.498. The number of ether oxygens (including phenoxy) is 1. The molecule has 0 radical (unpaired) electrons. The SMILES string of the molecule is Cc1occc1C(=O)N1CCO[C@@H](C(=O)O)C1. The number of nitrogens with zero attached hydrogens (tertiary/aromatic N) is 1. The molecule has 1 fully saturated rings. The van der Waals surface area contributed by atoms with E-state index in [1.165, 1.54) is 11.2 Å². The molecular formula is C11H13NO5. The molecule has 0 saturated carbocycles. The topological polar surface area (TPSA) is 80.0 Å². The second kappa shape index (κ2) is 4.58. The van der Waals surface area contributed by atoms with Crippen molar-refractivity contribution in [1.29, 1.82) is 0 Å². The van der Waals surface area contributed by atoms with E-state index >= 15 is 0 Å². The van der Waals surface area contributed by atoms with Crippen LogP contribution in [-0.4, -0.2) is 47.7 Å². The Hall–Kier alpha value is -1.82. The van der Waals surface area contributed by atoms with Gasteiger partial charge < -0.3 is 19.2 Å². The van der Waals surface area contributed by atoms with Crippen molar-refractivity contribution in [3.63, 3.8) is 0 Å². The van der Waals surface area contributed by atoms with E-state index in [2.05, 4.69) is 0 Å². The van der Waals surface area contributed by atoms with Gasteiger partial charge in [-0.3, -0.25) is 4.79 Å². The van der Waals surface area contributed by atoms with Crippen LogP contribution in [0.5, 0.6) is 0 Å². The average Bonchev–Trinajstić information content (AvgIpc) is 2.74. The third-order valence-electron chi connectivity index (χ3n) is 2.72. The molecular weight excluding hydrogens is 226 g/mol. The first-order valence-corrected chi connectivity index (χ1v) is 5.27. The fourth-order valence-corrected chi connectivity index (χ4v) is 1.76. The number of hydrogen-bond acceptors (Lipinski definition) is 4. The van der Waals surface area contributed by atoms with Gasteiger partial charge in [0.2, 0.25) is 0 Å². The minimum Gasteiger partial charge on any atom is -0.479 e. The normalized spacial score (nSPS) is 20.3. The predicted octanol–water partition coefficient (Wildman–Crippen LogP) is 0.514. The predicted molar refractivity (Wildman–Crippen MR) is 56.7 cm³/mol. The summed E-state index contributed by atoms with van der Waals surface area (Å²) in [5.41, 5.74) is 0.469. The molecule has 1 atom stereocenters. The summed E-state index contributed by atoms with van der Waals surface area (Å²) in [5, 5.41) is 8.84. The van der Waals surface area contributed by atoms with E-state index in [9.17, 15) is 9.59 Å². The molecule has 2 heterocycles. The highest BCUT2D eigenvalue weighted by Gasteiger charge is 2.30. The van der Waals surface area contributed by atoms with Gasteiger partial charge in [-0.05, 0) is 13.0 Å². The molecule has 0 unspecified atom stereocenters. The van der Waals surface area contributed by atoms with Crippen molar-refractivity contribution in [3.05, 3.63) is 23.7 Å². The minimum atomic E-state index is -1.05. The first kappa shape index (κ1) is 11.7. The van der Waals surface area contributed by atoms with Crippen LogP contribution in [0.15, 0.2) is 16.7 Å². The van der Waals surface area contributed by atoms with Crippen molar-refractivity contribution in [2.24, 2.45) is 0 Å². The number of aryl methyl sites for hydroxylation is 1. The van der Waals surface area contributed by atoms with Gasteiger partial charge in [0.05, 0.1) is 25.0 Å². The van der Waals surface area contributed by atoms with Crippen molar-refractivity contribution in [2.45, 2.75) is 13.0 Å². The number of morpholine rings is 1. The summed E-state index contributed by atoms with van der Waals surface area (Å²) >= 11 is 0. The van der Waals surface area contributed by atoms with Crippen LogP contribution in [0.3, 0.4) is 0 Å². The highest BCUT2D eigenvalue weighted by molar-refractivity contribution is 5.95. The van der Waals surface area contributed by atoms with Gasteiger partial charge >= 0.3 is 5.97 Å². The molecule has 1 aromatic heterocycles. The second-order valence-corrected chi connectivity index (χ2v) is 3.84. The Kier molecular flexibility index (Phi) is 3.14. The Labute approximate surface area is 97.8 Å². The number of rotatable bonds is 2. The molecule has 1 saturated heterocycles. The van der Waals surface area contributed by atoms with Crippen LogP contribution in [0.4, 0.5) is 0 Å². The molecule has 0 spiro atoms. The van der Waals surface area contributed by atoms with Gasteiger partial charge in [0.15, 0.2) is 6.10 Å². The molecule has 1 amide bonds. The lowest BCUT2D eigenvalue weighted by Crippen LogP contribution is -2.48. The Bertz CT molecular complexity index is 439. The molecule has 1 aliphatic heterocycles. The van der Waals surface area contributed by atoms with Crippen LogP contribution in [0.25, 0.3) is 0 Å². The molecule has 6 heteroatoms. The van der Waals surface area contributed by atoms with Crippen molar-refractivity contribution in [1.82, 2.24) is 4.90 Å². The van der Waals surface area contributed by atoms with Crippen LogP contribution in [0.1, 0.15) is 16.1 Å². The third kappa shape index (κ3) is 2.31. The quantitative estimate of drug-likeness (QED) is 0.813. The van der Waals surface area contributed by atoms with Gasteiger partial charge in [0, 0.05) is 6.54 Å². The monoisotopic (exact) mass is 239 g/mol. The number of carbonyl (C=O) groups is 2. The number of furan rings is 1. The van der Waals surface area contributed by atoms with E-state index in [4.69, 9.17) is 14.3 Å². The Morgan fingerprint density at radius 3 is 2.88 bits per heavy atom. The Balaban J connectivity index is 2.10. The number of carbonyl (C=O) groups excluding carboxylic acids is 1. The van der Waals surface area contributed by atoms with E-state index in [0.717, 1.165) is 0 Å². The van der Waals surface area contributed by atoms with E-state index in [-0.39, 0.29) is 19.1 Å². The van der Waals surface area contributed by atoms with Crippen LogP contribution in [-0.2, 0) is 9.53 Å². The summed E-state index contributed by atoms with van der Waals surface area (Å²) in [5.74, 6) is -0.731. The van der Waals surface area contributed by atoms with Crippen LogP contribution in [0, 0.1) is 6.92 Å². The largest absolute Gasteiger partial charge is 0.479 e. The van der Waals surface area contributed by atoms with E-state index in [0.29, 0.717) is 17.9 Å². The molecule has 92 valence electrons. The highest BCUT2D eigenvalue weighted by atomic mass is 16.5. The Morgan fingerprint density at radius 2 is 2.29 bits per heavy atom. The minimum absolute atomic E-state index is 0.0682. The van der Waals surface area contributed by atoms with Gasteiger partial charge in [-0.25, -0.2) is 4.79 Å². The van der Waals surface area contributed by atoms with Gasteiger partial charge in [0.25, 0.3) is 5.91 Å². The first-order chi connectivity index (χ1) is 8.09. The van der Waals surface area contributed by atoms with E-state index in [1.54, 1.807) is 13.0 Å². The summed E-state index contributed by atoms with van der Waals surface area (Å²) in [7, 11) is 0. The number of carboxylic acid groups (broad SMARTS) is 1. The van der Waals surface area contributed by atoms with E-state index < -0.39 is 12.1 Å². The zero-order valence-corrected chi connectivity index (χ0v) is 9.38. The van der Waals surface area contributed by atoms with Crippen molar-refractivity contribution in [3.8, 4) is 0 Å². The van der Waals surface area contributed by atoms with Gasteiger partial charge in [0.1, 0.15) is 5.76 Å². The fourth-order valence-electron chi connectivity index (χ4n) is 1.76. The summed E-state index contributed by atoms with van der Waals surface area (Å²) in [6.45, 7) is 2.40. The standard InChI is InChI=1S/C11H13NO5/c1-7-8(2-4-16-7)10(13)12-3-5-17-9(6-12)11(14)15/h2,4,9H,3,5-6H2,1H3,(H,14,15)/t9-/m1/s1. The summed E-state index contributed by atoms with van der Waals surface area (Å²) in [6, 6.07) is 1.59. The Morgan fingerprint density at radius 1 is 1.53 bits per heavy atom. The molecule has 6 nitrogen and oxygen atoms in total. The molecule has 0 aromatic carbocycles. The highest BCUT2D eigenvalue weighted by Crippen LogP contribution is 2.15. The molecule has 1 aliphatic rings. The molecule has 0 aliphatic carbocycles. The summed E-state index contributed by atoms with van der Waals surface area (Å²) < 4.78 is 10.1. The number of carboxylic acids is 1. The van der Waals surface area contributed by atoms with Crippen molar-refractivity contribution >= 4 is 11.9 Å². The van der Waals surface area contributed by atoms with Crippen molar-refractivity contribution < 1.29 is 23.8 Å². The smallest absolute Gasteiger partial charge is 0.334 e. The van der Waals surface area contributed by atoms with Crippen molar-refractivity contribution in [2.75, 3.05) is 19.7 Å². The number of amides is 1. The number of aliphatic carboxylic acids is 1. The fraction of sp³-hybridized carbons (Fsp3) is 0.455. The molecule has 0 bridgehead atoms. The number of hydrogen-bond donors (Lipinski definition) is 1. The van der Waals surface area contributed by atoms with Crippen LogP contribution >= 0.6 is 0 Å². The molecule has 1 aromatic rings. The average molecular weight is 239 g/mol. The molecule has 2 rings (SSSR count). The van der Waals surface area contributed by atoms with Crippen LogP contribution < -0.4 is 0 Å². The molecule has 17 heavy (non-hydrogen) atoms. The third-order valence-corrected chi connectivity index (χ3v) is 2.72. The molecule has 1 N–H and O–H groups in total. The lowest BCUT2D eigenvalue weighted by atomic mass is 10.2. The summed E-state index contributed by atoms with van der Waals surface area (Å²) in [4.78, 5) is 24.3. The first-order valence-electron chi connectivity index (χ1n) is 5.27. The lowest BCUT2D eigenvalue weighted by Gasteiger charge is -2.30. The zero-order chi connectivity index (χ0) is 12.4. The lowest BCUT2D eigenvalue weighted by molar-refractivity contribution is -0.154.